The Morgan fingerprint density at radius 3 is 2.19 bits per heavy atom. The van der Waals surface area contributed by atoms with E-state index in [4.69, 9.17) is 15.2 Å². The number of hydrogen-bond donors (Lipinski definition) is 1. The zero-order valence-electron chi connectivity index (χ0n) is 9.82. The molecule has 2 N–H and O–H groups in total. The van der Waals surface area contributed by atoms with Gasteiger partial charge in [-0.1, -0.05) is 6.08 Å². The van der Waals surface area contributed by atoms with Crippen LogP contribution in [0.3, 0.4) is 0 Å². The summed E-state index contributed by atoms with van der Waals surface area (Å²) in [5, 5.41) is 0. The predicted molar refractivity (Wildman–Crippen MR) is 59.4 cm³/mol. The van der Waals surface area contributed by atoms with Crippen molar-refractivity contribution in [2.24, 2.45) is 5.73 Å². The first-order valence-corrected chi connectivity index (χ1v) is 5.35. The fourth-order valence-corrected chi connectivity index (χ4v) is 1.02. The van der Waals surface area contributed by atoms with Gasteiger partial charge in [0, 0.05) is 5.70 Å². The summed E-state index contributed by atoms with van der Waals surface area (Å²) in [5.74, 6) is -0.600. The highest BCUT2D eigenvalue weighted by molar-refractivity contribution is 5.71. The number of allylic oxidation sites excluding steroid dienone is 1. The summed E-state index contributed by atoms with van der Waals surface area (Å²) in [6.07, 6.45) is 2.34. The molecule has 5 nitrogen and oxygen atoms in total. The van der Waals surface area contributed by atoms with Crippen LogP contribution in [-0.2, 0) is 19.1 Å². The van der Waals surface area contributed by atoms with Crippen molar-refractivity contribution in [1.82, 2.24) is 0 Å². The summed E-state index contributed by atoms with van der Waals surface area (Å²) in [6.45, 7) is 4.21. The largest absolute Gasteiger partial charge is 0.466 e. The van der Waals surface area contributed by atoms with E-state index in [2.05, 4.69) is 0 Å². The van der Waals surface area contributed by atoms with Gasteiger partial charge < -0.3 is 15.2 Å². The van der Waals surface area contributed by atoms with Crippen LogP contribution in [0.15, 0.2) is 11.8 Å². The third-order valence-electron chi connectivity index (χ3n) is 1.76. The molecule has 0 aromatic rings. The van der Waals surface area contributed by atoms with Crippen LogP contribution in [0.25, 0.3) is 0 Å². The van der Waals surface area contributed by atoms with Gasteiger partial charge >= 0.3 is 11.9 Å². The lowest BCUT2D eigenvalue weighted by Gasteiger charge is -2.02. The predicted octanol–water partition coefficient (Wildman–Crippen LogP) is 1.13. The van der Waals surface area contributed by atoms with Crippen molar-refractivity contribution in [1.29, 1.82) is 0 Å². The topological polar surface area (TPSA) is 78.6 Å². The van der Waals surface area contributed by atoms with E-state index in [-0.39, 0.29) is 24.8 Å². The highest BCUT2D eigenvalue weighted by Crippen LogP contribution is 2.02. The summed E-state index contributed by atoms with van der Waals surface area (Å²) in [5.41, 5.74) is 6.11. The number of esters is 2. The molecule has 0 aliphatic rings. The van der Waals surface area contributed by atoms with E-state index in [0.717, 1.165) is 0 Å². The zero-order valence-corrected chi connectivity index (χ0v) is 9.82. The Balaban J connectivity index is 3.78. The molecule has 0 fully saturated rings. The monoisotopic (exact) mass is 229 g/mol. The number of ether oxygens (including phenoxy) is 2. The molecule has 0 rings (SSSR count). The molecule has 0 unspecified atom stereocenters. The summed E-state index contributed by atoms with van der Waals surface area (Å²) in [7, 11) is 0. The van der Waals surface area contributed by atoms with Gasteiger partial charge in [0.15, 0.2) is 0 Å². The van der Waals surface area contributed by atoms with E-state index in [1.807, 2.05) is 0 Å². The molecular weight excluding hydrogens is 210 g/mol. The van der Waals surface area contributed by atoms with Gasteiger partial charge in [0.2, 0.25) is 0 Å². The lowest BCUT2D eigenvalue weighted by molar-refractivity contribution is -0.143. The summed E-state index contributed by atoms with van der Waals surface area (Å²) >= 11 is 0. The molecule has 0 saturated carbocycles. The number of rotatable bonds is 7. The second kappa shape index (κ2) is 8.76. The molecule has 0 aromatic heterocycles. The van der Waals surface area contributed by atoms with E-state index in [9.17, 15) is 9.59 Å². The van der Waals surface area contributed by atoms with Crippen LogP contribution in [0, 0.1) is 0 Å². The van der Waals surface area contributed by atoms with Crippen LogP contribution >= 0.6 is 0 Å². The highest BCUT2D eigenvalue weighted by atomic mass is 16.5. The second-order valence-corrected chi connectivity index (χ2v) is 3.09. The van der Waals surface area contributed by atoms with E-state index in [0.29, 0.717) is 25.3 Å². The summed E-state index contributed by atoms with van der Waals surface area (Å²) < 4.78 is 9.47. The summed E-state index contributed by atoms with van der Waals surface area (Å²) in [6, 6.07) is 0. The van der Waals surface area contributed by atoms with Crippen molar-refractivity contribution in [3.8, 4) is 0 Å². The molecule has 16 heavy (non-hydrogen) atoms. The minimum atomic E-state index is -0.318. The molecule has 0 aromatic carbocycles. The van der Waals surface area contributed by atoms with Gasteiger partial charge in [-0.2, -0.15) is 0 Å². The van der Waals surface area contributed by atoms with Crippen molar-refractivity contribution in [2.75, 3.05) is 13.2 Å². The normalized spacial score (nSPS) is 11.0. The molecule has 0 amide bonds. The molecule has 0 heterocycles. The molecule has 92 valence electrons. The molecule has 0 bridgehead atoms. The van der Waals surface area contributed by atoms with Crippen LogP contribution in [0.1, 0.15) is 33.1 Å². The Kier molecular flexibility index (Phi) is 7.93. The maximum atomic E-state index is 11.0. The molecule has 0 atom stereocenters. The smallest absolute Gasteiger partial charge is 0.309 e. The lowest BCUT2D eigenvalue weighted by atomic mass is 10.2. The first-order chi connectivity index (χ1) is 7.60. The first-order valence-electron chi connectivity index (χ1n) is 5.35. The van der Waals surface area contributed by atoms with Crippen molar-refractivity contribution in [2.45, 2.75) is 33.1 Å². The van der Waals surface area contributed by atoms with Crippen LogP contribution < -0.4 is 5.73 Å². The third kappa shape index (κ3) is 7.84. The average Bonchev–Trinajstić information content (AvgIpc) is 2.24. The molecular formula is C11H19NO4. The molecule has 0 aliphatic carbocycles. The van der Waals surface area contributed by atoms with Crippen molar-refractivity contribution in [3.63, 3.8) is 0 Å². The Morgan fingerprint density at radius 1 is 1.06 bits per heavy atom. The number of carbonyl (C=O) groups excluding carboxylic acids is 2. The van der Waals surface area contributed by atoms with E-state index < -0.39 is 0 Å². The minimum Gasteiger partial charge on any atom is -0.466 e. The van der Waals surface area contributed by atoms with Gasteiger partial charge in [-0.15, -0.1) is 0 Å². The molecule has 5 heteroatoms. The highest BCUT2D eigenvalue weighted by Gasteiger charge is 2.03. The summed E-state index contributed by atoms with van der Waals surface area (Å²) in [4.78, 5) is 22.0. The van der Waals surface area contributed by atoms with Gasteiger partial charge in [-0.25, -0.2) is 0 Å². The Labute approximate surface area is 95.6 Å². The first kappa shape index (κ1) is 14.5. The van der Waals surface area contributed by atoms with E-state index in [1.54, 1.807) is 19.9 Å². The third-order valence-corrected chi connectivity index (χ3v) is 1.76. The standard InChI is InChI=1S/C11H19NO4/c1-3-15-10(13)7-5-9(12)6-8-11(14)16-4-2/h5H,3-4,6-8,12H2,1-2H3. The average molecular weight is 229 g/mol. The van der Waals surface area contributed by atoms with Gasteiger partial charge in [0.1, 0.15) is 0 Å². The van der Waals surface area contributed by atoms with Crippen molar-refractivity contribution < 1.29 is 19.1 Å². The van der Waals surface area contributed by atoms with Gasteiger partial charge in [-0.3, -0.25) is 9.59 Å². The number of nitrogens with two attached hydrogens (primary N) is 1. The Bertz CT molecular complexity index is 261. The maximum Gasteiger partial charge on any atom is 0.309 e. The SMILES string of the molecule is CCOC(=O)CC=C(N)CCC(=O)OCC. The molecule has 0 aliphatic heterocycles. The zero-order chi connectivity index (χ0) is 12.4. The van der Waals surface area contributed by atoms with Gasteiger partial charge in [0.05, 0.1) is 26.1 Å². The van der Waals surface area contributed by atoms with Crippen LogP contribution in [0.5, 0.6) is 0 Å². The second-order valence-electron chi connectivity index (χ2n) is 3.09. The van der Waals surface area contributed by atoms with Crippen molar-refractivity contribution in [3.05, 3.63) is 11.8 Å². The van der Waals surface area contributed by atoms with Crippen molar-refractivity contribution >= 4 is 11.9 Å². The fraction of sp³-hybridized carbons (Fsp3) is 0.636. The minimum absolute atomic E-state index is 0.141. The number of hydrogen-bond acceptors (Lipinski definition) is 5. The Hall–Kier alpha value is -1.52. The van der Waals surface area contributed by atoms with Crippen LogP contribution in [-0.4, -0.2) is 25.2 Å². The molecule has 0 spiro atoms. The lowest BCUT2D eigenvalue weighted by Crippen LogP contribution is -2.08. The molecule has 0 radical (unpaired) electrons. The van der Waals surface area contributed by atoms with Gasteiger partial charge in [-0.05, 0) is 20.3 Å². The maximum absolute atomic E-state index is 11.0. The Morgan fingerprint density at radius 2 is 1.62 bits per heavy atom. The molecule has 0 saturated heterocycles. The van der Waals surface area contributed by atoms with E-state index >= 15 is 0 Å². The fourth-order valence-electron chi connectivity index (χ4n) is 1.02. The van der Waals surface area contributed by atoms with Gasteiger partial charge in [0.25, 0.3) is 0 Å². The van der Waals surface area contributed by atoms with Crippen LogP contribution in [0.4, 0.5) is 0 Å². The number of carbonyl (C=O) groups is 2. The van der Waals surface area contributed by atoms with Crippen LogP contribution in [0.2, 0.25) is 0 Å². The van der Waals surface area contributed by atoms with E-state index in [1.165, 1.54) is 0 Å². The quantitative estimate of drug-likeness (QED) is 0.662.